The van der Waals surface area contributed by atoms with E-state index in [1.165, 1.54) is 0 Å². The van der Waals surface area contributed by atoms with Crippen molar-refractivity contribution in [1.29, 1.82) is 0 Å². The fraction of sp³-hybridized carbons (Fsp3) is 0.125. The van der Waals surface area contributed by atoms with Gasteiger partial charge in [-0.25, -0.2) is 0 Å². The number of hydrogen-bond donors (Lipinski definition) is 1. The molecule has 0 bridgehead atoms. The van der Waals surface area contributed by atoms with E-state index < -0.39 is 5.97 Å². The molecule has 0 fully saturated rings. The zero-order valence-corrected chi connectivity index (χ0v) is 12.0. The number of rotatable bonds is 0. The summed E-state index contributed by atoms with van der Waals surface area (Å²) in [6.45, 7) is 3.10. The minimum atomic E-state index is -0.833. The van der Waals surface area contributed by atoms with Gasteiger partial charge < -0.3 is 5.11 Å². The van der Waals surface area contributed by atoms with Crippen LogP contribution < -0.4 is 5.43 Å². The average Bonchev–Trinajstić information content (AvgIpc) is 2.39. The lowest BCUT2D eigenvalue weighted by molar-refractivity contribution is -0.134. The van der Waals surface area contributed by atoms with Crippen LogP contribution in [0.4, 0.5) is 0 Å². The maximum Gasteiger partial charge on any atom is 0.300 e. The second-order valence-electron chi connectivity index (χ2n) is 4.45. The molecule has 0 atom stereocenters. The summed E-state index contributed by atoms with van der Waals surface area (Å²) in [6.07, 6.45) is 0. The highest BCUT2D eigenvalue weighted by Gasteiger charge is 2.04. The van der Waals surface area contributed by atoms with Gasteiger partial charge in [-0.05, 0) is 31.2 Å². The lowest BCUT2D eigenvalue weighted by Crippen LogP contribution is -2.00. The number of hydrogen-bond acceptors (Lipinski definition) is 3. The van der Waals surface area contributed by atoms with Crippen molar-refractivity contribution in [1.82, 2.24) is 0 Å². The summed E-state index contributed by atoms with van der Waals surface area (Å²) >= 11 is 1.67. The molecule has 0 saturated carbocycles. The first kappa shape index (κ1) is 14.2. The van der Waals surface area contributed by atoms with Crippen LogP contribution in [0, 0.1) is 6.92 Å². The van der Waals surface area contributed by atoms with Gasteiger partial charge in [-0.2, -0.15) is 0 Å². The Labute approximate surface area is 120 Å². The van der Waals surface area contributed by atoms with Crippen molar-refractivity contribution in [2.45, 2.75) is 13.8 Å². The Morgan fingerprint density at radius 2 is 1.65 bits per heavy atom. The largest absolute Gasteiger partial charge is 0.481 e. The second kappa shape index (κ2) is 5.84. The molecule has 0 saturated heterocycles. The quantitative estimate of drug-likeness (QED) is 0.639. The first-order valence-electron chi connectivity index (χ1n) is 6.11. The Morgan fingerprint density at radius 1 is 1.05 bits per heavy atom. The Morgan fingerprint density at radius 3 is 2.35 bits per heavy atom. The molecule has 102 valence electrons. The van der Waals surface area contributed by atoms with Crippen molar-refractivity contribution < 1.29 is 9.90 Å². The van der Waals surface area contributed by atoms with Gasteiger partial charge in [0, 0.05) is 27.1 Å². The van der Waals surface area contributed by atoms with E-state index in [1.54, 1.807) is 11.3 Å². The van der Waals surface area contributed by atoms with Gasteiger partial charge in [0.05, 0.1) is 0 Å². The normalized spacial score (nSPS) is 10.1. The number of benzene rings is 2. The van der Waals surface area contributed by atoms with Crippen LogP contribution in [0.2, 0.25) is 0 Å². The highest BCUT2D eigenvalue weighted by molar-refractivity contribution is 7.24. The molecule has 1 N–H and O–H groups in total. The van der Waals surface area contributed by atoms with E-state index in [0.717, 1.165) is 32.7 Å². The van der Waals surface area contributed by atoms with Crippen LogP contribution >= 0.6 is 11.3 Å². The maximum atomic E-state index is 12.2. The smallest absolute Gasteiger partial charge is 0.300 e. The van der Waals surface area contributed by atoms with Gasteiger partial charge in [0.1, 0.15) is 0 Å². The summed E-state index contributed by atoms with van der Waals surface area (Å²) in [4.78, 5) is 21.2. The SMILES string of the molecule is CC(=O)O.Cc1ccc2sc3ccccc3c(=O)c2c1. The summed E-state index contributed by atoms with van der Waals surface area (Å²) in [5, 5.41) is 9.08. The third-order valence-electron chi connectivity index (χ3n) is 2.73. The van der Waals surface area contributed by atoms with Gasteiger partial charge in [0.25, 0.3) is 5.97 Å². The maximum absolute atomic E-state index is 12.2. The Balaban J connectivity index is 0.000000328. The highest BCUT2D eigenvalue weighted by Crippen LogP contribution is 2.24. The minimum absolute atomic E-state index is 0.146. The highest BCUT2D eigenvalue weighted by atomic mass is 32.1. The number of carbonyl (C=O) groups is 1. The van der Waals surface area contributed by atoms with Gasteiger partial charge in [0.2, 0.25) is 0 Å². The van der Waals surface area contributed by atoms with Crippen LogP contribution in [0.25, 0.3) is 20.2 Å². The molecule has 0 aliphatic rings. The fourth-order valence-corrected chi connectivity index (χ4v) is 2.97. The summed E-state index contributed by atoms with van der Waals surface area (Å²) < 4.78 is 2.12. The molecule has 4 heteroatoms. The Kier molecular flexibility index (Phi) is 4.15. The molecule has 2 aromatic carbocycles. The molecular weight excluding hydrogens is 272 g/mol. The molecule has 0 amide bonds. The Hall–Kier alpha value is -2.20. The van der Waals surface area contributed by atoms with Crippen LogP contribution in [-0.2, 0) is 4.79 Å². The van der Waals surface area contributed by atoms with Crippen molar-refractivity contribution in [2.75, 3.05) is 0 Å². The van der Waals surface area contributed by atoms with Gasteiger partial charge >= 0.3 is 0 Å². The van der Waals surface area contributed by atoms with Crippen molar-refractivity contribution >= 4 is 37.5 Å². The predicted molar refractivity (Wildman–Crippen MR) is 83.6 cm³/mol. The first-order chi connectivity index (χ1) is 9.49. The molecule has 0 spiro atoms. The monoisotopic (exact) mass is 286 g/mol. The summed E-state index contributed by atoms with van der Waals surface area (Å²) in [5.74, 6) is -0.833. The fourth-order valence-electron chi connectivity index (χ4n) is 1.92. The topological polar surface area (TPSA) is 54.4 Å². The van der Waals surface area contributed by atoms with Crippen LogP contribution in [0.5, 0.6) is 0 Å². The van der Waals surface area contributed by atoms with Crippen molar-refractivity contribution in [3.8, 4) is 0 Å². The number of aliphatic carboxylic acids is 1. The second-order valence-corrected chi connectivity index (χ2v) is 5.53. The van der Waals surface area contributed by atoms with E-state index in [0.29, 0.717) is 0 Å². The number of carboxylic acids is 1. The standard InChI is InChI=1S/C14H10OS.C2H4O2/c1-9-6-7-13-11(8-9)14(15)10-4-2-3-5-12(10)16-13;1-2(3)4/h2-8H,1H3;1H3,(H,3,4). The van der Waals surface area contributed by atoms with Crippen LogP contribution in [0.3, 0.4) is 0 Å². The van der Waals surface area contributed by atoms with E-state index in [2.05, 4.69) is 0 Å². The van der Waals surface area contributed by atoms with Crippen molar-refractivity contribution in [3.05, 3.63) is 58.3 Å². The summed E-state index contributed by atoms with van der Waals surface area (Å²) in [7, 11) is 0. The molecule has 3 nitrogen and oxygen atoms in total. The average molecular weight is 286 g/mol. The summed E-state index contributed by atoms with van der Waals surface area (Å²) in [5.41, 5.74) is 1.28. The summed E-state index contributed by atoms with van der Waals surface area (Å²) in [6, 6.07) is 13.8. The van der Waals surface area contributed by atoms with E-state index in [-0.39, 0.29) is 5.43 Å². The van der Waals surface area contributed by atoms with Crippen molar-refractivity contribution in [2.24, 2.45) is 0 Å². The van der Waals surface area contributed by atoms with E-state index in [4.69, 9.17) is 9.90 Å². The first-order valence-corrected chi connectivity index (χ1v) is 6.92. The molecule has 3 rings (SSSR count). The van der Waals surface area contributed by atoms with Gasteiger partial charge in [0.15, 0.2) is 5.43 Å². The lowest BCUT2D eigenvalue weighted by atomic mass is 10.1. The predicted octanol–water partition coefficient (Wildman–Crippen LogP) is 3.81. The lowest BCUT2D eigenvalue weighted by Gasteiger charge is -2.01. The van der Waals surface area contributed by atoms with Crippen LogP contribution in [-0.4, -0.2) is 11.1 Å². The molecule has 0 aliphatic heterocycles. The number of carboxylic acid groups (broad SMARTS) is 1. The Bertz CT molecular complexity index is 830. The third-order valence-corrected chi connectivity index (χ3v) is 3.88. The van der Waals surface area contributed by atoms with E-state index >= 15 is 0 Å². The molecule has 0 radical (unpaired) electrons. The van der Waals surface area contributed by atoms with E-state index in [1.807, 2.05) is 49.4 Å². The molecule has 20 heavy (non-hydrogen) atoms. The zero-order chi connectivity index (χ0) is 14.7. The number of aryl methyl sites for hydroxylation is 1. The van der Waals surface area contributed by atoms with E-state index in [9.17, 15) is 4.79 Å². The zero-order valence-electron chi connectivity index (χ0n) is 11.2. The van der Waals surface area contributed by atoms with Crippen molar-refractivity contribution in [3.63, 3.8) is 0 Å². The number of fused-ring (bicyclic) bond motifs is 2. The molecular formula is C16H14O3S. The minimum Gasteiger partial charge on any atom is -0.481 e. The van der Waals surface area contributed by atoms with Crippen LogP contribution in [0.15, 0.2) is 47.3 Å². The van der Waals surface area contributed by atoms with Gasteiger partial charge in [-0.3, -0.25) is 9.59 Å². The molecule has 0 unspecified atom stereocenters. The molecule has 3 aromatic rings. The molecule has 1 heterocycles. The molecule has 1 aromatic heterocycles. The third kappa shape index (κ3) is 3.03. The molecule has 0 aliphatic carbocycles. The van der Waals surface area contributed by atoms with Gasteiger partial charge in [-0.1, -0.05) is 23.8 Å². The van der Waals surface area contributed by atoms with Gasteiger partial charge in [-0.15, -0.1) is 11.3 Å². The van der Waals surface area contributed by atoms with Crippen LogP contribution in [0.1, 0.15) is 12.5 Å².